The molecule has 144 valence electrons. The predicted molar refractivity (Wildman–Crippen MR) is 108 cm³/mol. The number of benzene rings is 2. The summed E-state index contributed by atoms with van der Waals surface area (Å²) >= 11 is 1.17. The van der Waals surface area contributed by atoms with Gasteiger partial charge in [0.15, 0.2) is 11.6 Å². The number of ether oxygens (including phenoxy) is 1. The van der Waals surface area contributed by atoms with Crippen LogP contribution in [-0.2, 0) is 4.79 Å². The SMILES string of the molecule is COc1ccccc1-c1nnc(SCC(=O)Nc2ccc(C(C)=O)cc2)n1N. The zero-order valence-electron chi connectivity index (χ0n) is 15.4. The Morgan fingerprint density at radius 1 is 1.14 bits per heavy atom. The first-order valence-electron chi connectivity index (χ1n) is 8.37. The molecule has 1 amide bonds. The van der Waals surface area contributed by atoms with E-state index in [9.17, 15) is 9.59 Å². The van der Waals surface area contributed by atoms with Gasteiger partial charge in [-0.2, -0.15) is 0 Å². The van der Waals surface area contributed by atoms with Crippen molar-refractivity contribution in [2.75, 3.05) is 24.0 Å². The molecule has 0 aliphatic rings. The molecule has 0 saturated carbocycles. The van der Waals surface area contributed by atoms with Gasteiger partial charge in [0, 0.05) is 11.3 Å². The van der Waals surface area contributed by atoms with Crippen LogP contribution in [0.1, 0.15) is 17.3 Å². The second kappa shape index (κ2) is 8.57. The fourth-order valence-electron chi connectivity index (χ4n) is 2.50. The number of thioether (sulfide) groups is 1. The van der Waals surface area contributed by atoms with Gasteiger partial charge in [-0.1, -0.05) is 23.9 Å². The molecule has 3 aromatic rings. The van der Waals surface area contributed by atoms with Crippen molar-refractivity contribution in [1.82, 2.24) is 14.9 Å². The lowest BCUT2D eigenvalue weighted by Crippen LogP contribution is -2.16. The van der Waals surface area contributed by atoms with Crippen LogP contribution < -0.4 is 15.9 Å². The average molecular weight is 397 g/mol. The Bertz CT molecular complexity index is 1000. The summed E-state index contributed by atoms with van der Waals surface area (Å²) in [7, 11) is 1.57. The van der Waals surface area contributed by atoms with E-state index < -0.39 is 0 Å². The van der Waals surface area contributed by atoms with E-state index >= 15 is 0 Å². The van der Waals surface area contributed by atoms with Crippen LogP contribution in [0.2, 0.25) is 0 Å². The number of para-hydroxylation sites is 1. The number of nitrogen functional groups attached to an aromatic ring is 1. The van der Waals surface area contributed by atoms with Gasteiger partial charge in [0.2, 0.25) is 11.1 Å². The molecule has 0 unspecified atom stereocenters. The molecule has 0 spiro atoms. The van der Waals surface area contributed by atoms with Gasteiger partial charge in [0.05, 0.1) is 18.4 Å². The van der Waals surface area contributed by atoms with Crippen molar-refractivity contribution in [2.24, 2.45) is 0 Å². The van der Waals surface area contributed by atoms with Crippen molar-refractivity contribution in [3.63, 3.8) is 0 Å². The summed E-state index contributed by atoms with van der Waals surface area (Å²) in [6, 6.07) is 14.0. The van der Waals surface area contributed by atoms with Crippen molar-refractivity contribution in [3.8, 4) is 17.1 Å². The summed E-state index contributed by atoms with van der Waals surface area (Å²) in [5.74, 6) is 7.03. The first kappa shape index (κ1) is 19.4. The van der Waals surface area contributed by atoms with Gasteiger partial charge in [0.1, 0.15) is 5.75 Å². The van der Waals surface area contributed by atoms with E-state index in [4.69, 9.17) is 10.6 Å². The Morgan fingerprint density at radius 2 is 1.86 bits per heavy atom. The van der Waals surface area contributed by atoms with Gasteiger partial charge >= 0.3 is 0 Å². The molecule has 2 aromatic carbocycles. The van der Waals surface area contributed by atoms with Gasteiger partial charge in [-0.05, 0) is 43.3 Å². The number of ketones is 1. The third-order valence-corrected chi connectivity index (χ3v) is 4.86. The first-order chi connectivity index (χ1) is 13.5. The summed E-state index contributed by atoms with van der Waals surface area (Å²) in [4.78, 5) is 23.5. The maximum Gasteiger partial charge on any atom is 0.234 e. The van der Waals surface area contributed by atoms with Crippen LogP contribution in [0.25, 0.3) is 11.4 Å². The third-order valence-electron chi connectivity index (χ3n) is 3.92. The lowest BCUT2D eigenvalue weighted by molar-refractivity contribution is -0.113. The zero-order chi connectivity index (χ0) is 20.1. The average Bonchev–Trinajstić information content (AvgIpc) is 3.07. The maximum atomic E-state index is 12.2. The summed E-state index contributed by atoms with van der Waals surface area (Å²) in [5, 5.41) is 11.3. The fourth-order valence-corrected chi connectivity index (χ4v) is 3.16. The number of hydrogen-bond acceptors (Lipinski definition) is 7. The molecule has 28 heavy (non-hydrogen) atoms. The number of nitrogens with zero attached hydrogens (tertiary/aromatic N) is 3. The van der Waals surface area contributed by atoms with Crippen LogP contribution in [0.15, 0.2) is 53.7 Å². The molecule has 3 N–H and O–H groups in total. The van der Waals surface area contributed by atoms with Gasteiger partial charge in [-0.15, -0.1) is 10.2 Å². The number of aromatic nitrogens is 3. The standard InChI is InChI=1S/C19H19N5O3S/c1-12(25)13-7-9-14(10-8-13)21-17(26)11-28-19-23-22-18(24(19)20)15-5-3-4-6-16(15)27-2/h3-10H,11,20H2,1-2H3,(H,21,26). The predicted octanol–water partition coefficient (Wildman–Crippen LogP) is 2.60. The molecule has 0 atom stereocenters. The minimum absolute atomic E-state index is 0.0263. The first-order valence-corrected chi connectivity index (χ1v) is 9.35. The van der Waals surface area contributed by atoms with E-state index in [2.05, 4.69) is 15.5 Å². The molecule has 3 rings (SSSR count). The summed E-state index contributed by atoms with van der Waals surface area (Å²) in [5.41, 5.74) is 1.91. The number of rotatable bonds is 7. The number of nitrogens with two attached hydrogens (primary N) is 1. The smallest absolute Gasteiger partial charge is 0.234 e. The Kier molecular flexibility index (Phi) is 5.95. The number of methoxy groups -OCH3 is 1. The van der Waals surface area contributed by atoms with E-state index in [-0.39, 0.29) is 17.4 Å². The van der Waals surface area contributed by atoms with Crippen LogP contribution >= 0.6 is 11.8 Å². The molecule has 1 heterocycles. The van der Waals surface area contributed by atoms with E-state index in [0.717, 1.165) is 0 Å². The van der Waals surface area contributed by atoms with E-state index in [1.807, 2.05) is 24.3 Å². The highest BCUT2D eigenvalue weighted by Gasteiger charge is 2.16. The molecule has 0 radical (unpaired) electrons. The molecular weight excluding hydrogens is 378 g/mol. The Labute approximate surface area is 166 Å². The minimum Gasteiger partial charge on any atom is -0.496 e. The highest BCUT2D eigenvalue weighted by Crippen LogP contribution is 2.29. The zero-order valence-corrected chi connectivity index (χ0v) is 16.2. The van der Waals surface area contributed by atoms with Crippen molar-refractivity contribution in [3.05, 3.63) is 54.1 Å². The second-order valence-electron chi connectivity index (χ2n) is 5.85. The van der Waals surface area contributed by atoms with Crippen LogP contribution in [0.3, 0.4) is 0 Å². The van der Waals surface area contributed by atoms with Crippen LogP contribution in [0, 0.1) is 0 Å². The molecule has 0 saturated heterocycles. The van der Waals surface area contributed by atoms with E-state index in [0.29, 0.717) is 33.5 Å². The normalized spacial score (nSPS) is 10.5. The number of hydrogen-bond donors (Lipinski definition) is 2. The van der Waals surface area contributed by atoms with Crippen molar-refractivity contribution >= 4 is 29.1 Å². The number of anilines is 1. The number of Topliss-reactive ketones (excluding diaryl/α,β-unsaturated/α-hetero) is 1. The maximum absolute atomic E-state index is 12.2. The molecule has 0 fully saturated rings. The third kappa shape index (κ3) is 4.32. The summed E-state index contributed by atoms with van der Waals surface area (Å²) < 4.78 is 6.65. The molecule has 1 aromatic heterocycles. The minimum atomic E-state index is -0.220. The quantitative estimate of drug-likeness (QED) is 0.358. The van der Waals surface area contributed by atoms with E-state index in [1.165, 1.54) is 23.4 Å². The lowest BCUT2D eigenvalue weighted by atomic mass is 10.1. The second-order valence-corrected chi connectivity index (χ2v) is 6.79. The number of carbonyl (C=O) groups excluding carboxylic acids is 2. The Morgan fingerprint density at radius 3 is 2.54 bits per heavy atom. The monoisotopic (exact) mass is 397 g/mol. The van der Waals surface area contributed by atoms with Gasteiger partial charge in [-0.3, -0.25) is 9.59 Å². The highest BCUT2D eigenvalue weighted by molar-refractivity contribution is 7.99. The van der Waals surface area contributed by atoms with Crippen molar-refractivity contribution < 1.29 is 14.3 Å². The van der Waals surface area contributed by atoms with E-state index in [1.54, 1.807) is 31.4 Å². The van der Waals surface area contributed by atoms with Crippen LogP contribution in [-0.4, -0.2) is 39.4 Å². The molecular formula is C19H19N5O3S. The highest BCUT2D eigenvalue weighted by atomic mass is 32.2. The topological polar surface area (TPSA) is 112 Å². The largest absolute Gasteiger partial charge is 0.496 e. The molecule has 0 bridgehead atoms. The molecule has 0 aliphatic carbocycles. The Balaban J connectivity index is 1.64. The summed E-state index contributed by atoms with van der Waals surface area (Å²) in [6.07, 6.45) is 0. The van der Waals surface area contributed by atoms with Gasteiger partial charge in [-0.25, -0.2) is 4.68 Å². The van der Waals surface area contributed by atoms with Gasteiger partial charge < -0.3 is 15.9 Å². The molecule has 9 heteroatoms. The number of amides is 1. The number of nitrogens with one attached hydrogen (secondary N) is 1. The fraction of sp³-hybridized carbons (Fsp3) is 0.158. The van der Waals surface area contributed by atoms with Crippen LogP contribution in [0.5, 0.6) is 5.75 Å². The number of carbonyl (C=O) groups is 2. The van der Waals surface area contributed by atoms with Crippen molar-refractivity contribution in [2.45, 2.75) is 12.1 Å². The van der Waals surface area contributed by atoms with Crippen LogP contribution in [0.4, 0.5) is 5.69 Å². The van der Waals surface area contributed by atoms with Crippen molar-refractivity contribution in [1.29, 1.82) is 0 Å². The molecule has 8 nitrogen and oxygen atoms in total. The lowest BCUT2D eigenvalue weighted by Gasteiger charge is -2.08. The Hall–Kier alpha value is -3.33. The van der Waals surface area contributed by atoms with Gasteiger partial charge in [0.25, 0.3) is 0 Å². The molecule has 0 aliphatic heterocycles. The summed E-state index contributed by atoms with van der Waals surface area (Å²) in [6.45, 7) is 1.49.